The largest absolute Gasteiger partial charge is 0.382 e. The fourth-order valence-corrected chi connectivity index (χ4v) is 2.76. The second-order valence-electron chi connectivity index (χ2n) is 5.49. The lowest BCUT2D eigenvalue weighted by molar-refractivity contribution is 0.0404. The molecular formula is C14H29NO2. The predicted molar refractivity (Wildman–Crippen MR) is 71.2 cm³/mol. The molecule has 0 heterocycles. The third kappa shape index (κ3) is 4.94. The van der Waals surface area contributed by atoms with Crippen LogP contribution in [0.15, 0.2) is 0 Å². The van der Waals surface area contributed by atoms with Gasteiger partial charge in [0, 0.05) is 13.2 Å². The summed E-state index contributed by atoms with van der Waals surface area (Å²) in [5.41, 5.74) is 0. The minimum atomic E-state index is 0.502. The molecule has 0 aromatic rings. The Bertz CT molecular complexity index is 199. The van der Waals surface area contributed by atoms with Crippen LogP contribution in [-0.2, 0) is 9.47 Å². The van der Waals surface area contributed by atoms with Gasteiger partial charge in [0.1, 0.15) is 0 Å². The molecule has 3 heteroatoms. The molecule has 0 aromatic heterocycles. The average molecular weight is 243 g/mol. The van der Waals surface area contributed by atoms with E-state index in [1.807, 2.05) is 7.05 Å². The second-order valence-corrected chi connectivity index (χ2v) is 5.49. The van der Waals surface area contributed by atoms with Crippen molar-refractivity contribution in [3.63, 3.8) is 0 Å². The fourth-order valence-electron chi connectivity index (χ4n) is 2.76. The topological polar surface area (TPSA) is 30.5 Å². The molecule has 3 nitrogen and oxygen atoms in total. The van der Waals surface area contributed by atoms with Crippen LogP contribution in [0.1, 0.15) is 33.1 Å². The van der Waals surface area contributed by atoms with Gasteiger partial charge in [-0.1, -0.05) is 20.3 Å². The highest BCUT2D eigenvalue weighted by molar-refractivity contribution is 4.83. The molecule has 0 aliphatic heterocycles. The highest BCUT2D eigenvalue weighted by Crippen LogP contribution is 2.34. The summed E-state index contributed by atoms with van der Waals surface area (Å²) in [4.78, 5) is 0. The van der Waals surface area contributed by atoms with E-state index < -0.39 is 0 Å². The van der Waals surface area contributed by atoms with E-state index in [1.54, 1.807) is 7.11 Å². The van der Waals surface area contributed by atoms with Gasteiger partial charge in [-0.3, -0.25) is 0 Å². The number of methoxy groups -OCH3 is 1. The van der Waals surface area contributed by atoms with Gasteiger partial charge in [-0.15, -0.1) is 0 Å². The molecule has 4 unspecified atom stereocenters. The Morgan fingerprint density at radius 3 is 2.53 bits per heavy atom. The number of ether oxygens (including phenoxy) is 2. The molecule has 0 bridgehead atoms. The monoisotopic (exact) mass is 243 g/mol. The van der Waals surface area contributed by atoms with Crippen LogP contribution in [-0.4, -0.2) is 40.0 Å². The maximum atomic E-state index is 5.65. The molecule has 0 aromatic carbocycles. The first kappa shape index (κ1) is 14.9. The molecule has 1 aliphatic rings. The fraction of sp³-hybridized carbons (Fsp3) is 1.00. The van der Waals surface area contributed by atoms with Crippen molar-refractivity contribution in [1.29, 1.82) is 0 Å². The van der Waals surface area contributed by atoms with Gasteiger partial charge < -0.3 is 14.8 Å². The molecule has 0 spiro atoms. The zero-order valence-corrected chi connectivity index (χ0v) is 11.9. The number of hydrogen-bond acceptors (Lipinski definition) is 3. The highest BCUT2D eigenvalue weighted by Gasteiger charge is 2.29. The van der Waals surface area contributed by atoms with Crippen LogP contribution in [0.25, 0.3) is 0 Å². The highest BCUT2D eigenvalue weighted by atomic mass is 16.5. The molecule has 0 amide bonds. The lowest BCUT2D eigenvalue weighted by Crippen LogP contribution is -2.41. The van der Waals surface area contributed by atoms with Crippen molar-refractivity contribution >= 4 is 0 Å². The summed E-state index contributed by atoms with van der Waals surface area (Å²) in [7, 11) is 3.76. The van der Waals surface area contributed by atoms with Gasteiger partial charge in [-0.25, -0.2) is 0 Å². The van der Waals surface area contributed by atoms with E-state index in [0.717, 1.165) is 24.4 Å². The zero-order valence-electron chi connectivity index (χ0n) is 11.9. The molecule has 1 saturated carbocycles. The van der Waals surface area contributed by atoms with Crippen molar-refractivity contribution in [2.75, 3.05) is 34.0 Å². The molecule has 1 aliphatic carbocycles. The van der Waals surface area contributed by atoms with Gasteiger partial charge in [0.2, 0.25) is 0 Å². The predicted octanol–water partition coefficient (Wildman–Crippen LogP) is 2.31. The van der Waals surface area contributed by atoms with Crippen LogP contribution in [0, 0.1) is 17.8 Å². The summed E-state index contributed by atoms with van der Waals surface area (Å²) in [6.07, 6.45) is 4.03. The molecule has 1 fully saturated rings. The van der Waals surface area contributed by atoms with Crippen molar-refractivity contribution in [1.82, 2.24) is 5.32 Å². The Morgan fingerprint density at radius 2 is 1.94 bits per heavy atom. The smallest absolute Gasteiger partial charge is 0.0701 e. The molecule has 0 saturated heterocycles. The molecule has 17 heavy (non-hydrogen) atoms. The molecule has 4 atom stereocenters. The van der Waals surface area contributed by atoms with Crippen molar-refractivity contribution in [2.45, 2.75) is 39.2 Å². The summed E-state index contributed by atoms with van der Waals surface area (Å²) < 4.78 is 10.6. The Hall–Kier alpha value is -0.120. The van der Waals surface area contributed by atoms with E-state index in [0.29, 0.717) is 19.3 Å². The van der Waals surface area contributed by atoms with Crippen LogP contribution >= 0.6 is 0 Å². The van der Waals surface area contributed by atoms with Gasteiger partial charge in [0.05, 0.1) is 19.8 Å². The Kier molecular flexibility index (Phi) is 7.09. The standard InChI is InChI=1S/C14H29NO2/c1-11-5-6-13(9-12(11)2)14(15-3)10-17-8-7-16-4/h11-15H,5-10H2,1-4H3. The number of nitrogens with one attached hydrogen (secondary N) is 1. The molecule has 0 radical (unpaired) electrons. The van der Waals surface area contributed by atoms with E-state index in [9.17, 15) is 0 Å². The van der Waals surface area contributed by atoms with Crippen molar-refractivity contribution in [3.05, 3.63) is 0 Å². The normalized spacial score (nSPS) is 31.4. The van der Waals surface area contributed by atoms with Crippen LogP contribution in [0.3, 0.4) is 0 Å². The summed E-state index contributed by atoms with van der Waals surface area (Å²) in [5.74, 6) is 2.51. The van der Waals surface area contributed by atoms with Crippen LogP contribution < -0.4 is 5.32 Å². The van der Waals surface area contributed by atoms with E-state index in [1.165, 1.54) is 19.3 Å². The van der Waals surface area contributed by atoms with E-state index >= 15 is 0 Å². The van der Waals surface area contributed by atoms with Gasteiger partial charge in [-0.2, -0.15) is 0 Å². The van der Waals surface area contributed by atoms with Crippen LogP contribution in [0.2, 0.25) is 0 Å². The van der Waals surface area contributed by atoms with E-state index in [-0.39, 0.29) is 0 Å². The summed E-state index contributed by atoms with van der Waals surface area (Å²) in [6.45, 7) is 6.97. The zero-order chi connectivity index (χ0) is 12.7. The first-order valence-corrected chi connectivity index (χ1v) is 6.93. The van der Waals surface area contributed by atoms with Gasteiger partial charge in [0.25, 0.3) is 0 Å². The summed E-state index contributed by atoms with van der Waals surface area (Å²) >= 11 is 0. The summed E-state index contributed by atoms with van der Waals surface area (Å²) in [5, 5.41) is 3.42. The number of likely N-dealkylation sites (N-methyl/N-ethyl adjacent to an activating group) is 1. The first-order chi connectivity index (χ1) is 8.19. The number of rotatable bonds is 7. The van der Waals surface area contributed by atoms with Crippen LogP contribution in [0.5, 0.6) is 0 Å². The minimum Gasteiger partial charge on any atom is -0.382 e. The molecule has 102 valence electrons. The average Bonchev–Trinajstić information content (AvgIpc) is 2.33. The summed E-state index contributed by atoms with van der Waals surface area (Å²) in [6, 6.07) is 0.502. The first-order valence-electron chi connectivity index (χ1n) is 6.93. The van der Waals surface area contributed by atoms with Gasteiger partial charge >= 0.3 is 0 Å². The third-order valence-corrected chi connectivity index (χ3v) is 4.31. The minimum absolute atomic E-state index is 0.502. The maximum Gasteiger partial charge on any atom is 0.0701 e. The van der Waals surface area contributed by atoms with E-state index in [4.69, 9.17) is 9.47 Å². The Labute approximate surface area is 106 Å². The van der Waals surface area contributed by atoms with Crippen molar-refractivity contribution in [3.8, 4) is 0 Å². The van der Waals surface area contributed by atoms with Crippen molar-refractivity contribution < 1.29 is 9.47 Å². The van der Waals surface area contributed by atoms with Crippen LogP contribution in [0.4, 0.5) is 0 Å². The lowest BCUT2D eigenvalue weighted by atomic mass is 9.73. The second kappa shape index (κ2) is 8.06. The van der Waals surface area contributed by atoms with Crippen molar-refractivity contribution in [2.24, 2.45) is 17.8 Å². The maximum absolute atomic E-state index is 5.65. The molecular weight excluding hydrogens is 214 g/mol. The molecule has 1 N–H and O–H groups in total. The lowest BCUT2D eigenvalue weighted by Gasteiger charge is -2.36. The molecule has 1 rings (SSSR count). The van der Waals surface area contributed by atoms with E-state index in [2.05, 4.69) is 19.2 Å². The Morgan fingerprint density at radius 1 is 1.18 bits per heavy atom. The number of hydrogen-bond donors (Lipinski definition) is 1. The van der Waals surface area contributed by atoms with Gasteiger partial charge in [-0.05, 0) is 37.6 Å². The quantitative estimate of drug-likeness (QED) is 0.696. The van der Waals surface area contributed by atoms with Gasteiger partial charge in [0.15, 0.2) is 0 Å². The Balaban J connectivity index is 2.29. The third-order valence-electron chi connectivity index (χ3n) is 4.31. The SMILES string of the molecule is CNC(COCCOC)C1CCC(C)C(C)C1.